The molecule has 0 bridgehead atoms. The summed E-state index contributed by atoms with van der Waals surface area (Å²) in [6.07, 6.45) is 5.82. The number of carboxylic acids is 2. The van der Waals surface area contributed by atoms with E-state index in [0.29, 0.717) is 5.54 Å². The largest absolute Gasteiger partial charge is 0.473 e. The molecule has 1 aliphatic heterocycles. The summed E-state index contributed by atoms with van der Waals surface area (Å²) in [5.41, 5.74) is 0.694. The van der Waals surface area contributed by atoms with E-state index in [9.17, 15) is 0 Å². The van der Waals surface area contributed by atoms with Crippen LogP contribution < -0.4 is 5.32 Å². The van der Waals surface area contributed by atoms with Crippen molar-refractivity contribution in [2.24, 2.45) is 0 Å². The topological polar surface area (TPSA) is 86.6 Å². The SMILES string of the molecule is C1CC2(C1)CCN2.O=C(O)C(=O)O. The van der Waals surface area contributed by atoms with Crippen LogP contribution in [0.15, 0.2) is 0 Å². The van der Waals surface area contributed by atoms with Crippen LogP contribution in [0.5, 0.6) is 0 Å². The number of hydrogen-bond donors (Lipinski definition) is 3. The van der Waals surface area contributed by atoms with Crippen molar-refractivity contribution in [3.05, 3.63) is 0 Å². The smallest absolute Gasteiger partial charge is 0.414 e. The third-order valence-corrected chi connectivity index (χ3v) is 2.60. The van der Waals surface area contributed by atoms with Crippen molar-refractivity contribution in [3.63, 3.8) is 0 Å². The quantitative estimate of drug-likeness (QED) is 0.467. The highest BCUT2D eigenvalue weighted by Crippen LogP contribution is 2.38. The van der Waals surface area contributed by atoms with Gasteiger partial charge < -0.3 is 15.5 Å². The van der Waals surface area contributed by atoms with E-state index in [1.165, 1.54) is 32.2 Å². The lowest BCUT2D eigenvalue weighted by molar-refractivity contribution is -0.159. The van der Waals surface area contributed by atoms with Crippen LogP contribution in [0.2, 0.25) is 0 Å². The maximum atomic E-state index is 9.10. The molecule has 5 heteroatoms. The number of rotatable bonds is 0. The Morgan fingerprint density at radius 3 is 1.54 bits per heavy atom. The van der Waals surface area contributed by atoms with Gasteiger partial charge in [0.2, 0.25) is 0 Å². The average Bonchev–Trinajstić information content (AvgIpc) is 1.80. The highest BCUT2D eigenvalue weighted by molar-refractivity contribution is 6.27. The lowest BCUT2D eigenvalue weighted by atomic mass is 9.70. The average molecular weight is 187 g/mol. The third-order valence-electron chi connectivity index (χ3n) is 2.60. The van der Waals surface area contributed by atoms with E-state index >= 15 is 0 Å². The molecule has 0 aromatic rings. The Kier molecular flexibility index (Phi) is 2.87. The van der Waals surface area contributed by atoms with Crippen molar-refractivity contribution in [2.45, 2.75) is 31.2 Å². The zero-order valence-electron chi connectivity index (χ0n) is 7.25. The molecule has 1 aliphatic carbocycles. The minimum atomic E-state index is -1.82. The molecule has 0 unspecified atom stereocenters. The molecule has 0 radical (unpaired) electrons. The van der Waals surface area contributed by atoms with Gasteiger partial charge in [0, 0.05) is 5.54 Å². The molecule has 3 N–H and O–H groups in total. The van der Waals surface area contributed by atoms with Gasteiger partial charge in [0.05, 0.1) is 0 Å². The van der Waals surface area contributed by atoms with Crippen LogP contribution in [0.25, 0.3) is 0 Å². The van der Waals surface area contributed by atoms with Gasteiger partial charge in [0.15, 0.2) is 0 Å². The molecular weight excluding hydrogens is 174 g/mol. The lowest BCUT2D eigenvalue weighted by Crippen LogP contribution is -2.61. The molecule has 0 aromatic heterocycles. The number of hydrogen-bond acceptors (Lipinski definition) is 3. The zero-order chi connectivity index (χ0) is 9.90. The number of nitrogens with one attached hydrogen (secondary N) is 1. The van der Waals surface area contributed by atoms with Crippen LogP contribution in [0.3, 0.4) is 0 Å². The fourth-order valence-electron chi connectivity index (χ4n) is 1.51. The second-order valence-electron chi connectivity index (χ2n) is 3.42. The van der Waals surface area contributed by atoms with Gasteiger partial charge in [-0.05, 0) is 32.2 Å². The summed E-state index contributed by atoms with van der Waals surface area (Å²) >= 11 is 0. The molecule has 13 heavy (non-hydrogen) atoms. The van der Waals surface area contributed by atoms with E-state index in [1.54, 1.807) is 0 Å². The van der Waals surface area contributed by atoms with Crippen LogP contribution in [-0.4, -0.2) is 34.2 Å². The zero-order valence-corrected chi connectivity index (χ0v) is 7.25. The Labute approximate surface area is 75.7 Å². The van der Waals surface area contributed by atoms with Gasteiger partial charge in [-0.25, -0.2) is 9.59 Å². The van der Waals surface area contributed by atoms with Crippen LogP contribution in [0, 0.1) is 0 Å². The number of aliphatic carboxylic acids is 2. The van der Waals surface area contributed by atoms with Gasteiger partial charge >= 0.3 is 11.9 Å². The summed E-state index contributed by atoms with van der Waals surface area (Å²) in [5.74, 6) is -3.65. The summed E-state index contributed by atoms with van der Waals surface area (Å²) in [6, 6.07) is 0. The first kappa shape index (κ1) is 9.98. The van der Waals surface area contributed by atoms with E-state index in [-0.39, 0.29) is 0 Å². The molecule has 0 atom stereocenters. The second-order valence-corrected chi connectivity index (χ2v) is 3.42. The van der Waals surface area contributed by atoms with Crippen molar-refractivity contribution in [1.82, 2.24) is 5.32 Å². The molecule has 74 valence electrons. The lowest BCUT2D eigenvalue weighted by Gasteiger charge is -2.50. The molecule has 1 saturated heterocycles. The maximum absolute atomic E-state index is 9.10. The summed E-state index contributed by atoms with van der Waals surface area (Å²) < 4.78 is 0. The van der Waals surface area contributed by atoms with Gasteiger partial charge in [0.1, 0.15) is 0 Å². The predicted octanol–water partition coefficient (Wildman–Crippen LogP) is 0.0580. The number of carbonyl (C=O) groups is 2. The van der Waals surface area contributed by atoms with Gasteiger partial charge in [-0.2, -0.15) is 0 Å². The Bertz CT molecular complexity index is 191. The molecule has 0 aromatic carbocycles. The second kappa shape index (κ2) is 3.74. The monoisotopic (exact) mass is 187 g/mol. The van der Waals surface area contributed by atoms with Crippen LogP contribution in [-0.2, 0) is 9.59 Å². The first-order chi connectivity index (χ1) is 6.06. The molecule has 0 amide bonds. The summed E-state index contributed by atoms with van der Waals surface area (Å²) in [5, 5.41) is 18.2. The van der Waals surface area contributed by atoms with Crippen LogP contribution in [0.1, 0.15) is 25.7 Å². The normalized spacial score (nSPS) is 21.8. The molecule has 2 rings (SSSR count). The van der Waals surface area contributed by atoms with Crippen molar-refractivity contribution in [1.29, 1.82) is 0 Å². The van der Waals surface area contributed by atoms with E-state index in [1.807, 2.05) is 0 Å². The summed E-state index contributed by atoms with van der Waals surface area (Å²) in [4.78, 5) is 18.2. The van der Waals surface area contributed by atoms with Gasteiger partial charge in [0.25, 0.3) is 0 Å². The predicted molar refractivity (Wildman–Crippen MR) is 44.5 cm³/mol. The van der Waals surface area contributed by atoms with Crippen molar-refractivity contribution in [3.8, 4) is 0 Å². The molecular formula is C8H13NO4. The van der Waals surface area contributed by atoms with Crippen LogP contribution >= 0.6 is 0 Å². The fourth-order valence-corrected chi connectivity index (χ4v) is 1.51. The minimum Gasteiger partial charge on any atom is -0.473 e. The van der Waals surface area contributed by atoms with Gasteiger partial charge in [-0.1, -0.05) is 0 Å². The highest BCUT2D eigenvalue weighted by Gasteiger charge is 2.41. The Hall–Kier alpha value is -1.10. The molecule has 2 aliphatic rings. The van der Waals surface area contributed by atoms with Crippen molar-refractivity contribution >= 4 is 11.9 Å². The Morgan fingerprint density at radius 2 is 1.54 bits per heavy atom. The standard InChI is InChI=1S/C6H11N.C2H2O4/c1-2-6(3-1)4-5-7-6;3-1(4)2(5)6/h7H,1-5H2;(H,3,4)(H,5,6). The van der Waals surface area contributed by atoms with Crippen LogP contribution in [0.4, 0.5) is 0 Å². The molecule has 5 nitrogen and oxygen atoms in total. The summed E-state index contributed by atoms with van der Waals surface area (Å²) in [6.45, 7) is 1.28. The summed E-state index contributed by atoms with van der Waals surface area (Å²) in [7, 11) is 0. The minimum absolute atomic E-state index is 0.694. The third kappa shape index (κ3) is 2.42. The fraction of sp³-hybridized carbons (Fsp3) is 0.750. The van der Waals surface area contributed by atoms with E-state index < -0.39 is 11.9 Å². The molecule has 1 spiro atoms. The van der Waals surface area contributed by atoms with Crippen molar-refractivity contribution < 1.29 is 19.8 Å². The van der Waals surface area contributed by atoms with E-state index in [0.717, 1.165) is 0 Å². The van der Waals surface area contributed by atoms with Gasteiger partial charge in [-0.3, -0.25) is 0 Å². The van der Waals surface area contributed by atoms with Crippen molar-refractivity contribution in [2.75, 3.05) is 6.54 Å². The molecule has 2 fully saturated rings. The number of carboxylic acid groups (broad SMARTS) is 2. The first-order valence-electron chi connectivity index (χ1n) is 4.27. The molecule has 1 saturated carbocycles. The first-order valence-corrected chi connectivity index (χ1v) is 4.27. The van der Waals surface area contributed by atoms with Gasteiger partial charge in [-0.15, -0.1) is 0 Å². The molecule has 1 heterocycles. The van der Waals surface area contributed by atoms with E-state index in [4.69, 9.17) is 19.8 Å². The van der Waals surface area contributed by atoms with E-state index in [2.05, 4.69) is 5.32 Å². The highest BCUT2D eigenvalue weighted by atomic mass is 16.4. The Morgan fingerprint density at radius 1 is 1.08 bits per heavy atom. The maximum Gasteiger partial charge on any atom is 0.414 e. The Balaban J connectivity index is 0.000000133.